The maximum absolute atomic E-state index is 12.9. The van der Waals surface area contributed by atoms with E-state index in [4.69, 9.17) is 4.42 Å². The zero-order valence-electron chi connectivity index (χ0n) is 12.8. The molecule has 0 atom stereocenters. The van der Waals surface area contributed by atoms with Crippen LogP contribution < -0.4 is 0 Å². The minimum Gasteiger partial charge on any atom is -0.506 e. The molecule has 0 bridgehead atoms. The van der Waals surface area contributed by atoms with Crippen molar-refractivity contribution in [3.05, 3.63) is 81.5 Å². The van der Waals surface area contributed by atoms with E-state index < -0.39 is 5.78 Å². The maximum atomic E-state index is 12.9. The number of aromatic nitrogens is 1. The molecule has 3 aromatic rings. The number of ketones is 1. The van der Waals surface area contributed by atoms with Crippen LogP contribution in [0.1, 0.15) is 32.6 Å². The van der Waals surface area contributed by atoms with Crippen LogP contribution in [0.15, 0.2) is 52.3 Å². The molecule has 0 amide bonds. The van der Waals surface area contributed by atoms with Gasteiger partial charge >= 0.3 is 0 Å². The Morgan fingerprint density at radius 2 is 2.04 bits per heavy atom. The van der Waals surface area contributed by atoms with Gasteiger partial charge in [-0.1, -0.05) is 12.1 Å². The average molecular weight is 343 g/mol. The third-order valence-corrected chi connectivity index (χ3v) is 4.12. The number of thiazole rings is 1. The predicted molar refractivity (Wildman–Crippen MR) is 89.7 cm³/mol. The summed E-state index contributed by atoms with van der Waals surface area (Å²) in [5.41, 5.74) is 1.24. The van der Waals surface area contributed by atoms with E-state index in [1.54, 1.807) is 29.6 Å². The molecule has 0 aliphatic carbocycles. The second kappa shape index (κ2) is 6.80. The summed E-state index contributed by atoms with van der Waals surface area (Å²) in [5.74, 6) is -0.218. The Kier molecular flexibility index (Phi) is 4.57. The molecule has 0 fully saturated rings. The van der Waals surface area contributed by atoms with Gasteiger partial charge in [0, 0.05) is 17.9 Å². The van der Waals surface area contributed by atoms with E-state index in [-0.39, 0.29) is 17.3 Å². The van der Waals surface area contributed by atoms with Gasteiger partial charge in [0.25, 0.3) is 0 Å². The molecule has 24 heavy (non-hydrogen) atoms. The molecule has 0 radical (unpaired) electrons. The molecule has 2 aromatic heterocycles. The summed E-state index contributed by atoms with van der Waals surface area (Å²) in [6, 6.07) is 9.32. The smallest absolute Gasteiger partial charge is 0.224 e. The van der Waals surface area contributed by atoms with Gasteiger partial charge < -0.3 is 9.52 Å². The van der Waals surface area contributed by atoms with E-state index in [0.717, 1.165) is 16.6 Å². The van der Waals surface area contributed by atoms with Crippen LogP contribution in [0.4, 0.5) is 4.39 Å². The molecule has 0 aliphatic heterocycles. The molecule has 0 saturated heterocycles. The van der Waals surface area contributed by atoms with E-state index in [9.17, 15) is 14.3 Å². The number of allylic oxidation sites excluding steroid dienone is 1. The molecule has 6 heteroatoms. The number of nitrogens with zero attached hydrogens (tertiary/aromatic N) is 1. The topological polar surface area (TPSA) is 63.3 Å². The lowest BCUT2D eigenvalue weighted by Crippen LogP contribution is -1.95. The van der Waals surface area contributed by atoms with Crippen molar-refractivity contribution in [2.45, 2.75) is 13.3 Å². The fourth-order valence-electron chi connectivity index (χ4n) is 2.16. The summed E-state index contributed by atoms with van der Waals surface area (Å²) in [6.45, 7) is 1.82. The van der Waals surface area contributed by atoms with Crippen LogP contribution in [0.3, 0.4) is 0 Å². The van der Waals surface area contributed by atoms with Crippen LogP contribution in [-0.4, -0.2) is 15.9 Å². The number of aliphatic hydroxyl groups is 1. The predicted octanol–water partition coefficient (Wildman–Crippen LogP) is 4.56. The summed E-state index contributed by atoms with van der Waals surface area (Å²) in [4.78, 5) is 16.3. The molecule has 0 saturated carbocycles. The first-order chi connectivity index (χ1) is 11.5. The van der Waals surface area contributed by atoms with Crippen molar-refractivity contribution in [2.75, 3.05) is 0 Å². The average Bonchev–Trinajstić information content (AvgIpc) is 3.19. The molecule has 1 N–H and O–H groups in total. The van der Waals surface area contributed by atoms with E-state index in [1.807, 2.05) is 6.92 Å². The third kappa shape index (κ3) is 3.78. The van der Waals surface area contributed by atoms with Gasteiger partial charge in [-0.15, -0.1) is 11.3 Å². The summed E-state index contributed by atoms with van der Waals surface area (Å²) < 4.78 is 18.4. The van der Waals surface area contributed by atoms with Crippen LogP contribution in [0.25, 0.3) is 5.76 Å². The van der Waals surface area contributed by atoms with E-state index in [1.165, 1.54) is 23.5 Å². The van der Waals surface area contributed by atoms with Crippen LogP contribution in [0.5, 0.6) is 0 Å². The highest BCUT2D eigenvalue weighted by Gasteiger charge is 2.12. The minimum absolute atomic E-state index is 0.130. The van der Waals surface area contributed by atoms with Crippen molar-refractivity contribution in [3.63, 3.8) is 0 Å². The zero-order chi connectivity index (χ0) is 17.1. The summed E-state index contributed by atoms with van der Waals surface area (Å²) in [6.07, 6.45) is 1.55. The van der Waals surface area contributed by atoms with E-state index in [0.29, 0.717) is 17.9 Å². The largest absolute Gasteiger partial charge is 0.506 e. The molecule has 0 spiro atoms. The lowest BCUT2D eigenvalue weighted by molar-refractivity contribution is 0.101. The molecular weight excluding hydrogens is 329 g/mol. The van der Waals surface area contributed by atoms with Gasteiger partial charge in [-0.25, -0.2) is 9.37 Å². The number of aryl methyl sites for hydroxylation is 1. The first kappa shape index (κ1) is 16.1. The van der Waals surface area contributed by atoms with E-state index in [2.05, 4.69) is 4.98 Å². The van der Waals surface area contributed by atoms with Crippen LogP contribution in [0.2, 0.25) is 0 Å². The quantitative estimate of drug-likeness (QED) is 0.419. The van der Waals surface area contributed by atoms with Gasteiger partial charge in [-0.3, -0.25) is 4.79 Å². The maximum Gasteiger partial charge on any atom is 0.224 e. The van der Waals surface area contributed by atoms with Gasteiger partial charge in [0.05, 0.1) is 5.01 Å². The fraction of sp³-hybridized carbons (Fsp3) is 0.111. The van der Waals surface area contributed by atoms with E-state index >= 15 is 0 Å². The van der Waals surface area contributed by atoms with Gasteiger partial charge in [0.2, 0.25) is 5.78 Å². The van der Waals surface area contributed by atoms with Crippen molar-refractivity contribution in [1.82, 2.24) is 4.98 Å². The third-order valence-electron chi connectivity index (χ3n) is 3.35. The monoisotopic (exact) mass is 343 g/mol. The molecule has 1 aromatic carbocycles. The number of hydrogen-bond acceptors (Lipinski definition) is 5. The van der Waals surface area contributed by atoms with Gasteiger partial charge in [0.1, 0.15) is 23.0 Å². The number of carbonyl (C=O) groups is 1. The van der Waals surface area contributed by atoms with Crippen LogP contribution >= 0.6 is 11.3 Å². The van der Waals surface area contributed by atoms with Crippen molar-refractivity contribution in [1.29, 1.82) is 0 Å². The van der Waals surface area contributed by atoms with Crippen molar-refractivity contribution >= 4 is 22.9 Å². The van der Waals surface area contributed by atoms with Crippen molar-refractivity contribution in [2.24, 2.45) is 0 Å². The molecule has 2 heterocycles. The fourth-order valence-corrected chi connectivity index (χ4v) is 2.77. The highest BCUT2D eigenvalue weighted by molar-refractivity contribution is 7.09. The number of carbonyl (C=O) groups excluding carboxylic acids is 1. The summed E-state index contributed by atoms with van der Waals surface area (Å²) in [7, 11) is 0. The first-order valence-corrected chi connectivity index (χ1v) is 8.10. The van der Waals surface area contributed by atoms with Gasteiger partial charge in [-0.2, -0.15) is 0 Å². The van der Waals surface area contributed by atoms with Gasteiger partial charge in [0.15, 0.2) is 5.76 Å². The lowest BCUT2D eigenvalue weighted by Gasteiger charge is -1.98. The molecule has 3 rings (SSSR count). The summed E-state index contributed by atoms with van der Waals surface area (Å²) in [5, 5.41) is 12.4. The molecule has 122 valence electrons. The molecule has 0 aliphatic rings. The van der Waals surface area contributed by atoms with Crippen LogP contribution in [-0.2, 0) is 6.42 Å². The molecular formula is C18H14FNO3S. The van der Waals surface area contributed by atoms with Crippen molar-refractivity contribution in [3.8, 4) is 0 Å². The Labute approximate surface area is 141 Å². The number of rotatable bonds is 5. The Morgan fingerprint density at radius 3 is 2.71 bits per heavy atom. The number of halogens is 1. The molecule has 0 unspecified atom stereocenters. The number of benzene rings is 1. The highest BCUT2D eigenvalue weighted by Crippen LogP contribution is 2.18. The Bertz CT molecular complexity index is 893. The zero-order valence-corrected chi connectivity index (χ0v) is 13.6. The second-order valence-electron chi connectivity index (χ2n) is 5.21. The highest BCUT2D eigenvalue weighted by atomic mass is 32.1. The Balaban J connectivity index is 1.72. The standard InChI is InChI=1S/C18H14FNO3S/c1-11-20-15(10-24-11)16(21)9-17(22)18-7-6-14(23-18)8-12-2-4-13(19)5-3-12/h2-7,9-10,21H,8H2,1H3/b16-9-. The summed E-state index contributed by atoms with van der Waals surface area (Å²) >= 11 is 1.39. The SMILES string of the molecule is Cc1nc(/C(O)=C/C(=O)c2ccc(Cc3ccc(F)cc3)o2)cs1. The number of aliphatic hydroxyl groups excluding tert-OH is 1. The van der Waals surface area contributed by atoms with Crippen molar-refractivity contribution < 1.29 is 18.7 Å². The van der Waals surface area contributed by atoms with Gasteiger partial charge in [-0.05, 0) is 36.8 Å². The number of hydrogen-bond donors (Lipinski definition) is 1. The molecule has 4 nitrogen and oxygen atoms in total. The second-order valence-corrected chi connectivity index (χ2v) is 6.28. The minimum atomic E-state index is -0.441. The Hall–Kier alpha value is -2.73. The van der Waals surface area contributed by atoms with Crippen LogP contribution in [0, 0.1) is 12.7 Å². The number of furan rings is 1. The Morgan fingerprint density at radius 1 is 1.29 bits per heavy atom. The lowest BCUT2D eigenvalue weighted by atomic mass is 10.1. The normalized spacial score (nSPS) is 11.7. The first-order valence-electron chi connectivity index (χ1n) is 7.22.